The van der Waals surface area contributed by atoms with Gasteiger partial charge in [-0.1, -0.05) is 31.2 Å². The molecule has 0 saturated carbocycles. The highest BCUT2D eigenvalue weighted by Gasteiger charge is 2.47. The number of Topliss-reactive ketones (excluding diaryl/α,β-unsaturated/α-hetero) is 1. The highest BCUT2D eigenvalue weighted by Crippen LogP contribution is 2.41. The molecule has 4 heteroatoms. The van der Waals surface area contributed by atoms with Gasteiger partial charge in [0.1, 0.15) is 5.78 Å². The SMILES string of the molecule is CCCC(=O)C1C=CC(F)(C2NCC3CC=CCC32)C=C1.Cl. The van der Waals surface area contributed by atoms with Gasteiger partial charge in [0.15, 0.2) is 5.67 Å². The minimum Gasteiger partial charge on any atom is -0.310 e. The number of fused-ring (bicyclic) bond motifs is 1. The molecule has 1 heterocycles. The Morgan fingerprint density at radius 3 is 2.64 bits per heavy atom. The van der Waals surface area contributed by atoms with Crippen LogP contribution in [0.25, 0.3) is 0 Å². The second-order valence-electron chi connectivity index (χ2n) is 6.54. The largest absolute Gasteiger partial charge is 0.310 e. The molecule has 3 rings (SSSR count). The Labute approximate surface area is 138 Å². The minimum absolute atomic E-state index is 0. The average Bonchev–Trinajstić information content (AvgIpc) is 2.93. The van der Waals surface area contributed by atoms with Crippen LogP contribution in [-0.4, -0.2) is 24.0 Å². The van der Waals surface area contributed by atoms with E-state index in [1.165, 1.54) is 0 Å². The van der Waals surface area contributed by atoms with Crippen molar-refractivity contribution < 1.29 is 9.18 Å². The molecule has 0 radical (unpaired) electrons. The molecule has 122 valence electrons. The van der Waals surface area contributed by atoms with Gasteiger partial charge in [-0.3, -0.25) is 4.79 Å². The third-order valence-corrected chi connectivity index (χ3v) is 5.11. The zero-order chi connectivity index (χ0) is 14.9. The van der Waals surface area contributed by atoms with Crippen molar-refractivity contribution in [2.75, 3.05) is 6.54 Å². The summed E-state index contributed by atoms with van der Waals surface area (Å²) in [4.78, 5) is 11.9. The maximum absolute atomic E-state index is 15.3. The van der Waals surface area contributed by atoms with Crippen LogP contribution in [0.2, 0.25) is 0 Å². The van der Waals surface area contributed by atoms with E-state index in [1.807, 2.05) is 6.92 Å². The van der Waals surface area contributed by atoms with Crippen LogP contribution in [-0.2, 0) is 4.79 Å². The molecular weight excluding hydrogens is 301 g/mol. The van der Waals surface area contributed by atoms with Crippen molar-refractivity contribution in [3.63, 3.8) is 0 Å². The molecule has 0 aromatic rings. The highest BCUT2D eigenvalue weighted by atomic mass is 35.5. The Morgan fingerprint density at radius 1 is 1.27 bits per heavy atom. The first-order valence-corrected chi connectivity index (χ1v) is 8.13. The lowest BCUT2D eigenvalue weighted by atomic mass is 9.75. The second kappa shape index (κ2) is 7.10. The normalized spacial score (nSPS) is 39.4. The van der Waals surface area contributed by atoms with Crippen LogP contribution >= 0.6 is 12.4 Å². The molecule has 1 aliphatic heterocycles. The lowest BCUT2D eigenvalue weighted by Gasteiger charge is -2.34. The van der Waals surface area contributed by atoms with E-state index in [-0.39, 0.29) is 30.2 Å². The van der Waals surface area contributed by atoms with E-state index < -0.39 is 5.67 Å². The molecule has 0 spiro atoms. The first kappa shape index (κ1) is 17.4. The predicted molar refractivity (Wildman–Crippen MR) is 89.9 cm³/mol. The number of alkyl halides is 1. The molecule has 3 atom stereocenters. The van der Waals surface area contributed by atoms with Crippen LogP contribution in [0.1, 0.15) is 32.6 Å². The maximum atomic E-state index is 15.3. The van der Waals surface area contributed by atoms with Gasteiger partial charge in [0, 0.05) is 6.42 Å². The van der Waals surface area contributed by atoms with Gasteiger partial charge in [-0.15, -0.1) is 12.4 Å². The average molecular weight is 326 g/mol. The van der Waals surface area contributed by atoms with Crippen molar-refractivity contribution in [2.45, 2.75) is 44.3 Å². The molecule has 0 amide bonds. The number of halogens is 2. The fourth-order valence-electron chi connectivity index (χ4n) is 3.91. The third kappa shape index (κ3) is 3.21. The first-order valence-electron chi connectivity index (χ1n) is 8.13. The summed E-state index contributed by atoms with van der Waals surface area (Å²) >= 11 is 0. The predicted octanol–water partition coefficient (Wildman–Crippen LogP) is 3.78. The van der Waals surface area contributed by atoms with Crippen molar-refractivity contribution in [1.82, 2.24) is 5.32 Å². The number of allylic oxidation sites excluding steroid dienone is 4. The minimum atomic E-state index is -1.45. The Morgan fingerprint density at radius 2 is 1.95 bits per heavy atom. The van der Waals surface area contributed by atoms with E-state index in [2.05, 4.69) is 17.5 Å². The van der Waals surface area contributed by atoms with Crippen molar-refractivity contribution in [3.8, 4) is 0 Å². The highest BCUT2D eigenvalue weighted by molar-refractivity contribution is 5.85. The molecule has 1 fully saturated rings. The summed E-state index contributed by atoms with van der Waals surface area (Å²) in [6, 6.07) is -0.165. The summed E-state index contributed by atoms with van der Waals surface area (Å²) in [6.07, 6.45) is 14.5. The maximum Gasteiger partial charge on any atom is 0.162 e. The Balaban J connectivity index is 0.00000176. The smallest absolute Gasteiger partial charge is 0.162 e. The molecule has 0 bridgehead atoms. The number of rotatable bonds is 4. The number of ketones is 1. The molecule has 3 unspecified atom stereocenters. The molecule has 0 aromatic heterocycles. The standard InChI is InChI=1S/C18H24FNO.ClH/c1-2-5-16(21)13-8-10-18(19,11-9-13)17-15-7-4-3-6-14(15)12-20-17;/h3-4,8-11,13-15,17,20H,2,5-7,12H2,1H3;1H. The number of carbonyl (C=O) groups excluding carboxylic acids is 1. The van der Waals surface area contributed by atoms with E-state index in [0.717, 1.165) is 25.8 Å². The molecule has 3 aliphatic rings. The van der Waals surface area contributed by atoms with Gasteiger partial charge in [-0.25, -0.2) is 4.39 Å². The van der Waals surface area contributed by atoms with Crippen molar-refractivity contribution >= 4 is 18.2 Å². The van der Waals surface area contributed by atoms with Crippen LogP contribution in [0.15, 0.2) is 36.5 Å². The summed E-state index contributed by atoms with van der Waals surface area (Å²) < 4.78 is 15.3. The third-order valence-electron chi connectivity index (χ3n) is 5.11. The molecule has 1 saturated heterocycles. The topological polar surface area (TPSA) is 29.1 Å². The van der Waals surface area contributed by atoms with Crippen LogP contribution in [0.5, 0.6) is 0 Å². The van der Waals surface area contributed by atoms with Crippen LogP contribution < -0.4 is 5.32 Å². The van der Waals surface area contributed by atoms with Gasteiger partial charge in [-0.2, -0.15) is 0 Å². The van der Waals surface area contributed by atoms with Crippen LogP contribution in [0.4, 0.5) is 4.39 Å². The number of nitrogens with one attached hydrogen (secondary N) is 1. The summed E-state index contributed by atoms with van der Waals surface area (Å²) in [5.74, 6) is 0.855. The molecule has 2 aliphatic carbocycles. The van der Waals surface area contributed by atoms with Gasteiger partial charge < -0.3 is 5.32 Å². The molecule has 2 nitrogen and oxygen atoms in total. The second-order valence-corrected chi connectivity index (χ2v) is 6.54. The molecule has 1 N–H and O–H groups in total. The molecule has 22 heavy (non-hydrogen) atoms. The molecular formula is C18H25ClFNO. The zero-order valence-corrected chi connectivity index (χ0v) is 13.8. The summed E-state index contributed by atoms with van der Waals surface area (Å²) in [5.41, 5.74) is -1.45. The van der Waals surface area contributed by atoms with E-state index in [0.29, 0.717) is 18.3 Å². The zero-order valence-electron chi connectivity index (χ0n) is 13.0. The van der Waals surface area contributed by atoms with Gasteiger partial charge in [-0.05, 0) is 49.8 Å². The summed E-state index contributed by atoms with van der Waals surface area (Å²) in [6.45, 7) is 2.89. The fourth-order valence-corrected chi connectivity index (χ4v) is 3.91. The van der Waals surface area contributed by atoms with E-state index >= 15 is 4.39 Å². The van der Waals surface area contributed by atoms with Gasteiger partial charge in [0.2, 0.25) is 0 Å². The van der Waals surface area contributed by atoms with Gasteiger partial charge in [0.05, 0.1) is 12.0 Å². The fraction of sp³-hybridized carbons (Fsp3) is 0.611. The van der Waals surface area contributed by atoms with E-state index in [9.17, 15) is 4.79 Å². The first-order chi connectivity index (χ1) is 10.1. The summed E-state index contributed by atoms with van der Waals surface area (Å²) in [7, 11) is 0. The van der Waals surface area contributed by atoms with Gasteiger partial charge in [0.25, 0.3) is 0 Å². The van der Waals surface area contributed by atoms with E-state index in [1.54, 1.807) is 24.3 Å². The monoisotopic (exact) mass is 325 g/mol. The van der Waals surface area contributed by atoms with Gasteiger partial charge >= 0.3 is 0 Å². The number of carbonyl (C=O) groups is 1. The Kier molecular flexibility index (Phi) is 5.62. The van der Waals surface area contributed by atoms with Crippen molar-refractivity contribution in [1.29, 1.82) is 0 Å². The summed E-state index contributed by atoms with van der Waals surface area (Å²) in [5, 5.41) is 3.38. The lowest BCUT2D eigenvalue weighted by Crippen LogP contribution is -2.46. The van der Waals surface area contributed by atoms with Crippen LogP contribution in [0.3, 0.4) is 0 Å². The van der Waals surface area contributed by atoms with Crippen molar-refractivity contribution in [2.24, 2.45) is 17.8 Å². The lowest BCUT2D eigenvalue weighted by molar-refractivity contribution is -0.120. The Bertz CT molecular complexity index is 485. The Hall–Kier alpha value is -0.930. The number of hydrogen-bond acceptors (Lipinski definition) is 2. The van der Waals surface area contributed by atoms with Crippen molar-refractivity contribution in [3.05, 3.63) is 36.5 Å². The number of hydrogen-bond donors (Lipinski definition) is 1. The van der Waals surface area contributed by atoms with Crippen LogP contribution in [0, 0.1) is 17.8 Å². The molecule has 0 aromatic carbocycles. The van der Waals surface area contributed by atoms with E-state index in [4.69, 9.17) is 0 Å². The quantitative estimate of drug-likeness (QED) is 0.797.